The van der Waals surface area contributed by atoms with Gasteiger partial charge in [0.1, 0.15) is 11.5 Å². The summed E-state index contributed by atoms with van der Waals surface area (Å²) in [6, 6.07) is 4.95. The smallest absolute Gasteiger partial charge is 0.171 e. The van der Waals surface area contributed by atoms with Crippen molar-refractivity contribution in [3.05, 3.63) is 35.9 Å². The zero-order valence-corrected chi connectivity index (χ0v) is 10.8. The highest BCUT2D eigenvalue weighted by atomic mass is 16.5. The van der Waals surface area contributed by atoms with Crippen LogP contribution < -0.4 is 9.47 Å². The number of hydrogen-bond acceptors (Lipinski definition) is 4. The normalized spacial score (nSPS) is 9.72. The molecule has 0 aliphatic rings. The third kappa shape index (κ3) is 3.20. The number of carbonyl (C=O) groups is 2. The van der Waals surface area contributed by atoms with Gasteiger partial charge in [-0.05, 0) is 30.7 Å². The Morgan fingerprint density at radius 1 is 1.22 bits per heavy atom. The molecule has 0 atom stereocenters. The first-order chi connectivity index (χ1) is 8.49. The van der Waals surface area contributed by atoms with E-state index in [0.717, 1.165) is 0 Å². The minimum atomic E-state index is -0.217. The number of ether oxygens (including phenoxy) is 2. The highest BCUT2D eigenvalue weighted by Crippen LogP contribution is 2.26. The number of Topliss-reactive ketones (excluding diaryl/α,β-unsaturated/α-hetero) is 2. The van der Waals surface area contributed by atoms with Crippen LogP contribution in [-0.4, -0.2) is 25.8 Å². The van der Waals surface area contributed by atoms with E-state index in [9.17, 15) is 9.59 Å². The third-order valence-corrected chi connectivity index (χ3v) is 2.58. The maximum atomic E-state index is 12.1. The average molecular weight is 248 g/mol. The van der Waals surface area contributed by atoms with Gasteiger partial charge >= 0.3 is 0 Å². The predicted molar refractivity (Wildman–Crippen MR) is 68.3 cm³/mol. The molecule has 0 aliphatic carbocycles. The number of methoxy groups -OCH3 is 2. The van der Waals surface area contributed by atoms with Crippen molar-refractivity contribution in [1.29, 1.82) is 0 Å². The molecule has 0 aliphatic heterocycles. The molecular weight excluding hydrogens is 232 g/mol. The molecule has 0 spiro atoms. The Hall–Kier alpha value is -2.10. The molecule has 1 aromatic rings. The summed E-state index contributed by atoms with van der Waals surface area (Å²) < 4.78 is 10.2. The zero-order chi connectivity index (χ0) is 13.7. The minimum absolute atomic E-state index is 0.0150. The highest BCUT2D eigenvalue weighted by molar-refractivity contribution is 6.06. The fraction of sp³-hybridized carbons (Fsp3) is 0.286. The van der Waals surface area contributed by atoms with Crippen LogP contribution in [0.3, 0.4) is 0 Å². The van der Waals surface area contributed by atoms with E-state index in [1.54, 1.807) is 18.2 Å². The molecule has 0 saturated heterocycles. The average Bonchev–Trinajstić information content (AvgIpc) is 2.37. The van der Waals surface area contributed by atoms with Crippen molar-refractivity contribution in [3.8, 4) is 11.5 Å². The Labute approximate surface area is 106 Å². The third-order valence-electron chi connectivity index (χ3n) is 2.58. The van der Waals surface area contributed by atoms with Gasteiger partial charge in [-0.2, -0.15) is 0 Å². The molecule has 0 fully saturated rings. The van der Waals surface area contributed by atoms with E-state index in [1.165, 1.54) is 21.1 Å². The maximum absolute atomic E-state index is 12.1. The van der Waals surface area contributed by atoms with Crippen LogP contribution >= 0.6 is 0 Å². The second-order valence-corrected chi connectivity index (χ2v) is 3.83. The van der Waals surface area contributed by atoms with Gasteiger partial charge in [0, 0.05) is 6.42 Å². The van der Waals surface area contributed by atoms with Gasteiger partial charge in [-0.25, -0.2) is 0 Å². The van der Waals surface area contributed by atoms with Gasteiger partial charge in [0.15, 0.2) is 11.6 Å². The molecule has 4 nitrogen and oxygen atoms in total. The number of ketones is 2. The predicted octanol–water partition coefficient (Wildman–Crippen LogP) is 2.42. The summed E-state index contributed by atoms with van der Waals surface area (Å²) in [7, 11) is 3.00. The molecule has 0 N–H and O–H groups in total. The summed E-state index contributed by atoms with van der Waals surface area (Å²) >= 11 is 0. The van der Waals surface area contributed by atoms with Crippen molar-refractivity contribution in [2.24, 2.45) is 0 Å². The highest BCUT2D eigenvalue weighted by Gasteiger charge is 2.16. The molecule has 96 valence electrons. The van der Waals surface area contributed by atoms with E-state index in [0.29, 0.717) is 17.1 Å². The van der Waals surface area contributed by atoms with Crippen LogP contribution in [0, 0.1) is 0 Å². The number of rotatable bonds is 6. The molecule has 0 amide bonds. The molecule has 1 aromatic carbocycles. The molecular formula is C14H16O4. The lowest BCUT2D eigenvalue weighted by Gasteiger charge is -2.09. The van der Waals surface area contributed by atoms with Gasteiger partial charge in [-0.3, -0.25) is 9.59 Å². The molecule has 18 heavy (non-hydrogen) atoms. The summed E-state index contributed by atoms with van der Waals surface area (Å²) in [5, 5.41) is 0. The van der Waals surface area contributed by atoms with Crippen LogP contribution in [0.2, 0.25) is 0 Å². The molecule has 0 bridgehead atoms. The van der Waals surface area contributed by atoms with Crippen LogP contribution in [0.25, 0.3) is 0 Å². The molecule has 0 unspecified atom stereocenters. The van der Waals surface area contributed by atoms with Gasteiger partial charge in [0.05, 0.1) is 19.8 Å². The number of carbonyl (C=O) groups excluding carboxylic acids is 2. The Bertz CT molecular complexity index is 489. The molecule has 0 aromatic heterocycles. The number of hydrogen-bond donors (Lipinski definition) is 0. The maximum Gasteiger partial charge on any atom is 0.171 e. The van der Waals surface area contributed by atoms with E-state index in [1.807, 2.05) is 0 Å². The van der Waals surface area contributed by atoms with Gasteiger partial charge in [0.25, 0.3) is 0 Å². The van der Waals surface area contributed by atoms with Crippen molar-refractivity contribution in [2.45, 2.75) is 13.3 Å². The van der Waals surface area contributed by atoms with Crippen molar-refractivity contribution >= 4 is 11.6 Å². The van der Waals surface area contributed by atoms with Crippen LogP contribution in [-0.2, 0) is 4.79 Å². The van der Waals surface area contributed by atoms with E-state index < -0.39 is 0 Å². The van der Waals surface area contributed by atoms with E-state index >= 15 is 0 Å². The van der Waals surface area contributed by atoms with Crippen molar-refractivity contribution in [3.63, 3.8) is 0 Å². The van der Waals surface area contributed by atoms with Gasteiger partial charge in [0.2, 0.25) is 0 Å². The monoisotopic (exact) mass is 248 g/mol. The summed E-state index contributed by atoms with van der Waals surface area (Å²) in [5.41, 5.74) is 0.670. The second-order valence-electron chi connectivity index (χ2n) is 3.83. The SMILES string of the molecule is C=C(CC(=O)c1cc(OC)ccc1OC)C(C)=O. The van der Waals surface area contributed by atoms with E-state index in [4.69, 9.17) is 9.47 Å². The Kier molecular flexibility index (Phi) is 4.66. The molecule has 0 radical (unpaired) electrons. The summed E-state index contributed by atoms with van der Waals surface area (Å²) in [6.07, 6.45) is -0.0150. The van der Waals surface area contributed by atoms with Crippen molar-refractivity contribution < 1.29 is 19.1 Å². The summed E-state index contributed by atoms with van der Waals surface area (Å²) in [4.78, 5) is 23.1. The van der Waals surface area contributed by atoms with Crippen LogP contribution in [0.1, 0.15) is 23.7 Å². The first kappa shape index (κ1) is 14.0. The lowest BCUT2D eigenvalue weighted by Crippen LogP contribution is -2.07. The summed E-state index contributed by atoms with van der Waals surface area (Å²) in [6.45, 7) is 4.96. The quantitative estimate of drug-likeness (QED) is 0.573. The lowest BCUT2D eigenvalue weighted by atomic mass is 10.0. The molecule has 1 rings (SSSR count). The Morgan fingerprint density at radius 2 is 1.89 bits per heavy atom. The fourth-order valence-electron chi connectivity index (χ4n) is 1.45. The van der Waals surface area contributed by atoms with Gasteiger partial charge in [-0.15, -0.1) is 0 Å². The van der Waals surface area contributed by atoms with Gasteiger partial charge in [-0.1, -0.05) is 6.58 Å². The fourth-order valence-corrected chi connectivity index (χ4v) is 1.45. The Morgan fingerprint density at radius 3 is 2.39 bits per heavy atom. The van der Waals surface area contributed by atoms with Crippen molar-refractivity contribution in [2.75, 3.05) is 14.2 Å². The van der Waals surface area contributed by atoms with E-state index in [-0.39, 0.29) is 23.6 Å². The van der Waals surface area contributed by atoms with Crippen LogP contribution in [0.4, 0.5) is 0 Å². The van der Waals surface area contributed by atoms with Crippen LogP contribution in [0.5, 0.6) is 11.5 Å². The standard InChI is InChI=1S/C14H16O4/c1-9(10(2)15)7-13(16)12-8-11(17-3)5-6-14(12)18-4/h5-6,8H,1,7H2,2-4H3. The van der Waals surface area contributed by atoms with E-state index in [2.05, 4.69) is 6.58 Å². The lowest BCUT2D eigenvalue weighted by molar-refractivity contribution is -0.113. The number of allylic oxidation sites excluding steroid dienone is 1. The minimum Gasteiger partial charge on any atom is -0.497 e. The second kappa shape index (κ2) is 6.00. The number of benzene rings is 1. The largest absolute Gasteiger partial charge is 0.497 e. The first-order valence-electron chi connectivity index (χ1n) is 5.43. The summed E-state index contributed by atoms with van der Waals surface area (Å²) in [5.74, 6) is 0.612. The first-order valence-corrected chi connectivity index (χ1v) is 5.43. The van der Waals surface area contributed by atoms with Gasteiger partial charge < -0.3 is 9.47 Å². The van der Waals surface area contributed by atoms with Crippen LogP contribution in [0.15, 0.2) is 30.4 Å². The molecule has 4 heteroatoms. The molecule has 0 saturated carbocycles. The van der Waals surface area contributed by atoms with Crippen molar-refractivity contribution in [1.82, 2.24) is 0 Å². The topological polar surface area (TPSA) is 52.6 Å². The molecule has 0 heterocycles. The Balaban J connectivity index is 3.03. The zero-order valence-electron chi connectivity index (χ0n) is 10.8.